The van der Waals surface area contributed by atoms with E-state index >= 15 is 0 Å². The number of pyridine rings is 1. The smallest absolute Gasteiger partial charge is 0.274 e. The number of anilines is 1. The van der Waals surface area contributed by atoms with Gasteiger partial charge in [0.25, 0.3) is 5.91 Å². The Bertz CT molecular complexity index is 631. The van der Waals surface area contributed by atoms with Crippen LogP contribution < -0.4 is 10.5 Å². The summed E-state index contributed by atoms with van der Waals surface area (Å²) in [7, 11) is 1.69. The molecule has 4 heteroatoms. The maximum absolute atomic E-state index is 12.2. The highest BCUT2D eigenvalue weighted by Gasteiger charge is 2.15. The molecule has 18 heavy (non-hydrogen) atoms. The molecular formula is C14H14N2O2. The van der Waals surface area contributed by atoms with Crippen molar-refractivity contribution in [3.8, 4) is 0 Å². The van der Waals surface area contributed by atoms with Gasteiger partial charge in [-0.05, 0) is 24.6 Å². The number of aromatic amines is 1. The molecule has 4 nitrogen and oxygen atoms in total. The first-order chi connectivity index (χ1) is 8.59. The number of rotatable bonds is 2. The molecule has 92 valence electrons. The first kappa shape index (κ1) is 12.1. The van der Waals surface area contributed by atoms with Crippen molar-refractivity contribution in [1.82, 2.24) is 4.98 Å². The maximum Gasteiger partial charge on any atom is 0.274 e. The lowest BCUT2D eigenvalue weighted by Gasteiger charge is -2.19. The Balaban J connectivity index is 2.35. The van der Waals surface area contributed by atoms with E-state index in [1.54, 1.807) is 19.2 Å². The van der Waals surface area contributed by atoms with Crippen molar-refractivity contribution < 1.29 is 4.79 Å². The van der Waals surface area contributed by atoms with Crippen molar-refractivity contribution in [2.24, 2.45) is 0 Å². The summed E-state index contributed by atoms with van der Waals surface area (Å²) in [6.07, 6.45) is 0. The van der Waals surface area contributed by atoms with Gasteiger partial charge in [0.1, 0.15) is 5.69 Å². The minimum atomic E-state index is -0.279. The van der Waals surface area contributed by atoms with Crippen LogP contribution in [0.5, 0.6) is 0 Å². The largest absolute Gasteiger partial charge is 0.318 e. The molecule has 0 radical (unpaired) electrons. The lowest BCUT2D eigenvalue weighted by atomic mass is 10.2. The van der Waals surface area contributed by atoms with Crippen molar-refractivity contribution in [3.63, 3.8) is 0 Å². The third kappa shape index (κ3) is 2.32. The average molecular weight is 242 g/mol. The lowest BCUT2D eigenvalue weighted by molar-refractivity contribution is 0.0988. The summed E-state index contributed by atoms with van der Waals surface area (Å²) in [6.45, 7) is 1.94. The number of aromatic nitrogens is 1. The van der Waals surface area contributed by atoms with Crippen LogP contribution in [0.15, 0.2) is 47.3 Å². The number of carbonyl (C=O) groups excluding carboxylic acids is 1. The SMILES string of the molecule is Cc1ccccc1N(C)C(=O)c1cccc(=O)[nH]1. The van der Waals surface area contributed by atoms with E-state index in [-0.39, 0.29) is 17.2 Å². The second kappa shape index (κ2) is 4.87. The van der Waals surface area contributed by atoms with E-state index in [0.717, 1.165) is 11.3 Å². The standard InChI is InChI=1S/C14H14N2O2/c1-10-6-3-4-8-12(10)16(2)14(18)11-7-5-9-13(17)15-11/h3-9H,1-2H3,(H,15,17). The van der Waals surface area contributed by atoms with Crippen LogP contribution in [0.2, 0.25) is 0 Å². The van der Waals surface area contributed by atoms with E-state index < -0.39 is 0 Å². The highest BCUT2D eigenvalue weighted by atomic mass is 16.2. The number of benzene rings is 1. The summed E-state index contributed by atoms with van der Waals surface area (Å²) in [4.78, 5) is 27.5. The Hall–Kier alpha value is -2.36. The molecule has 1 amide bonds. The minimum Gasteiger partial charge on any atom is -0.318 e. The predicted molar refractivity (Wildman–Crippen MR) is 71.0 cm³/mol. The molecule has 1 aromatic heterocycles. The van der Waals surface area contributed by atoms with Gasteiger partial charge in [-0.3, -0.25) is 9.59 Å². The van der Waals surface area contributed by atoms with Gasteiger partial charge in [-0.2, -0.15) is 0 Å². The molecule has 1 N–H and O–H groups in total. The molecule has 0 atom stereocenters. The quantitative estimate of drug-likeness (QED) is 0.875. The summed E-state index contributed by atoms with van der Waals surface area (Å²) in [5, 5.41) is 0. The zero-order valence-electron chi connectivity index (χ0n) is 10.3. The molecule has 1 heterocycles. The number of amides is 1. The summed E-state index contributed by atoms with van der Waals surface area (Å²) >= 11 is 0. The highest BCUT2D eigenvalue weighted by Crippen LogP contribution is 2.19. The molecular weight excluding hydrogens is 228 g/mol. The number of nitrogens with zero attached hydrogens (tertiary/aromatic N) is 1. The van der Waals surface area contributed by atoms with Gasteiger partial charge < -0.3 is 9.88 Å². The molecule has 0 spiro atoms. The second-order valence-corrected chi connectivity index (χ2v) is 4.08. The van der Waals surface area contributed by atoms with E-state index in [4.69, 9.17) is 0 Å². The number of hydrogen-bond donors (Lipinski definition) is 1. The monoisotopic (exact) mass is 242 g/mol. The molecule has 0 fully saturated rings. The van der Waals surface area contributed by atoms with Crippen LogP contribution in [0.3, 0.4) is 0 Å². The molecule has 2 rings (SSSR count). The fraction of sp³-hybridized carbons (Fsp3) is 0.143. The molecule has 0 aliphatic rings. The van der Waals surface area contributed by atoms with E-state index in [2.05, 4.69) is 4.98 Å². The zero-order valence-corrected chi connectivity index (χ0v) is 10.3. The number of carbonyl (C=O) groups is 1. The van der Waals surface area contributed by atoms with E-state index in [1.807, 2.05) is 31.2 Å². The molecule has 0 aliphatic heterocycles. The van der Waals surface area contributed by atoms with Crippen molar-refractivity contribution >= 4 is 11.6 Å². The Labute approximate surface area is 105 Å². The van der Waals surface area contributed by atoms with Gasteiger partial charge >= 0.3 is 0 Å². The second-order valence-electron chi connectivity index (χ2n) is 4.08. The summed E-state index contributed by atoms with van der Waals surface area (Å²) in [6, 6.07) is 12.1. The molecule has 0 bridgehead atoms. The fourth-order valence-electron chi connectivity index (χ4n) is 1.80. The number of nitrogens with one attached hydrogen (secondary N) is 1. The average Bonchev–Trinajstić information content (AvgIpc) is 2.37. The Morgan fingerprint density at radius 2 is 1.83 bits per heavy atom. The van der Waals surface area contributed by atoms with Gasteiger partial charge in [-0.25, -0.2) is 0 Å². The van der Waals surface area contributed by atoms with Crippen molar-refractivity contribution in [1.29, 1.82) is 0 Å². The van der Waals surface area contributed by atoms with Crippen LogP contribution >= 0.6 is 0 Å². The predicted octanol–water partition coefficient (Wildman–Crippen LogP) is 1.96. The molecule has 2 aromatic rings. The Kier molecular flexibility index (Phi) is 3.28. The van der Waals surface area contributed by atoms with Crippen LogP contribution in [0.1, 0.15) is 16.1 Å². The molecule has 0 saturated heterocycles. The summed E-state index contributed by atoms with van der Waals surface area (Å²) < 4.78 is 0. The van der Waals surface area contributed by atoms with Gasteiger partial charge in [0.05, 0.1) is 0 Å². The van der Waals surface area contributed by atoms with Gasteiger partial charge in [0, 0.05) is 18.8 Å². The molecule has 0 aliphatic carbocycles. The van der Waals surface area contributed by atoms with E-state index in [0.29, 0.717) is 0 Å². The lowest BCUT2D eigenvalue weighted by Crippen LogP contribution is -2.29. The van der Waals surface area contributed by atoms with Crippen molar-refractivity contribution in [2.45, 2.75) is 6.92 Å². The van der Waals surface area contributed by atoms with Crippen molar-refractivity contribution in [2.75, 3.05) is 11.9 Å². The Morgan fingerprint density at radius 3 is 2.50 bits per heavy atom. The van der Waals surface area contributed by atoms with Crippen LogP contribution in [-0.2, 0) is 0 Å². The number of hydrogen-bond acceptors (Lipinski definition) is 2. The van der Waals surface area contributed by atoms with Crippen molar-refractivity contribution in [3.05, 3.63) is 64.1 Å². The Morgan fingerprint density at radius 1 is 1.11 bits per heavy atom. The topological polar surface area (TPSA) is 53.2 Å². The number of H-pyrrole nitrogens is 1. The van der Waals surface area contributed by atoms with Crippen LogP contribution in [0, 0.1) is 6.92 Å². The minimum absolute atomic E-state index is 0.234. The van der Waals surface area contributed by atoms with Gasteiger partial charge in [-0.15, -0.1) is 0 Å². The number of para-hydroxylation sites is 1. The van der Waals surface area contributed by atoms with Crippen LogP contribution in [0.25, 0.3) is 0 Å². The van der Waals surface area contributed by atoms with Gasteiger partial charge in [0.2, 0.25) is 5.56 Å². The third-order valence-corrected chi connectivity index (χ3v) is 2.78. The first-order valence-corrected chi connectivity index (χ1v) is 5.62. The third-order valence-electron chi connectivity index (χ3n) is 2.78. The first-order valence-electron chi connectivity index (χ1n) is 5.62. The van der Waals surface area contributed by atoms with E-state index in [9.17, 15) is 9.59 Å². The summed E-state index contributed by atoms with van der Waals surface area (Å²) in [5.41, 5.74) is 1.84. The highest BCUT2D eigenvalue weighted by molar-refractivity contribution is 6.04. The zero-order chi connectivity index (χ0) is 13.1. The van der Waals surface area contributed by atoms with Crippen LogP contribution in [0.4, 0.5) is 5.69 Å². The van der Waals surface area contributed by atoms with Crippen LogP contribution in [-0.4, -0.2) is 17.9 Å². The summed E-state index contributed by atoms with van der Waals surface area (Å²) in [5.74, 6) is -0.234. The van der Waals surface area contributed by atoms with Gasteiger partial charge in [-0.1, -0.05) is 24.3 Å². The van der Waals surface area contributed by atoms with E-state index in [1.165, 1.54) is 11.0 Å². The molecule has 0 unspecified atom stereocenters. The normalized spacial score (nSPS) is 10.1. The number of aryl methyl sites for hydroxylation is 1. The maximum atomic E-state index is 12.2. The van der Waals surface area contributed by atoms with Gasteiger partial charge in [0.15, 0.2) is 0 Å². The fourth-order valence-corrected chi connectivity index (χ4v) is 1.80. The molecule has 1 aromatic carbocycles. The molecule has 0 saturated carbocycles.